The number of hydrazone groups is 1. The zero-order valence-corrected chi connectivity index (χ0v) is 20.0. The number of nitrogens with one attached hydrogen (secondary N) is 2. The average molecular weight is 565 g/mol. The number of aliphatic hydroxyl groups is 1. The molecule has 2 aromatic rings. The Morgan fingerprint density at radius 2 is 1.69 bits per heavy atom. The zero-order valence-electron chi connectivity index (χ0n) is 20.0. The number of anilines is 1. The summed E-state index contributed by atoms with van der Waals surface area (Å²) in [6.45, 7) is -2.23. The summed E-state index contributed by atoms with van der Waals surface area (Å²) >= 11 is 0. The Morgan fingerprint density at radius 1 is 1.10 bits per heavy atom. The third-order valence-corrected chi connectivity index (χ3v) is 5.19. The van der Waals surface area contributed by atoms with Crippen molar-refractivity contribution in [3.8, 4) is 5.75 Å². The van der Waals surface area contributed by atoms with Gasteiger partial charge in [-0.2, -0.15) is 27.1 Å². The van der Waals surface area contributed by atoms with E-state index in [1.165, 1.54) is 12.1 Å². The Hall–Kier alpha value is -4.34. The first-order valence-electron chi connectivity index (χ1n) is 10.7. The van der Waals surface area contributed by atoms with E-state index in [1.807, 2.05) is 5.32 Å². The Labute approximate surface area is 216 Å². The molecule has 5 N–H and O–H groups in total. The van der Waals surface area contributed by atoms with Crippen molar-refractivity contribution in [1.82, 2.24) is 10.6 Å². The lowest BCUT2D eigenvalue weighted by atomic mass is 10.0. The summed E-state index contributed by atoms with van der Waals surface area (Å²) in [7, 11) is 0. The van der Waals surface area contributed by atoms with Crippen LogP contribution in [-0.4, -0.2) is 55.1 Å². The van der Waals surface area contributed by atoms with Gasteiger partial charge in [-0.25, -0.2) is 13.8 Å². The largest absolute Gasteiger partial charge is 0.434 e. The lowest BCUT2D eigenvalue weighted by Crippen LogP contribution is -2.60. The van der Waals surface area contributed by atoms with Crippen LogP contribution >= 0.6 is 0 Å². The summed E-state index contributed by atoms with van der Waals surface area (Å²) in [5.41, 5.74) is 0.730. The first kappa shape index (κ1) is 30.9. The number of nitrogens with zero attached hydrogens (tertiary/aromatic N) is 2. The number of nitrogens with two attached hydrogens (primary N) is 1. The Morgan fingerprint density at radius 3 is 2.23 bits per heavy atom. The minimum atomic E-state index is -5.45. The van der Waals surface area contributed by atoms with E-state index in [2.05, 4.69) is 16.6 Å². The van der Waals surface area contributed by atoms with E-state index in [9.17, 15) is 45.4 Å². The highest BCUT2D eigenvalue weighted by Crippen LogP contribution is 2.30. The van der Waals surface area contributed by atoms with E-state index in [0.717, 1.165) is 36.2 Å². The van der Waals surface area contributed by atoms with E-state index >= 15 is 0 Å². The van der Waals surface area contributed by atoms with Gasteiger partial charge >= 0.3 is 12.8 Å². The van der Waals surface area contributed by atoms with Gasteiger partial charge in [-0.3, -0.25) is 9.59 Å². The van der Waals surface area contributed by atoms with Crippen molar-refractivity contribution in [3.63, 3.8) is 0 Å². The minimum absolute atomic E-state index is 0.161. The van der Waals surface area contributed by atoms with E-state index < -0.39 is 72.1 Å². The van der Waals surface area contributed by atoms with Gasteiger partial charge in [-0.1, -0.05) is 6.07 Å². The highest BCUT2D eigenvalue weighted by atomic mass is 19.4. The number of carbonyl (C=O) groups is 2. The molecule has 1 atom stereocenters. The van der Waals surface area contributed by atoms with Crippen molar-refractivity contribution < 1.29 is 50.2 Å². The van der Waals surface area contributed by atoms with Gasteiger partial charge in [0.25, 0.3) is 11.8 Å². The summed E-state index contributed by atoms with van der Waals surface area (Å²) in [5, 5.41) is 18.1. The first-order valence-corrected chi connectivity index (χ1v) is 10.7. The number of ether oxygens (including phenoxy) is 1. The Kier molecular flexibility index (Phi) is 9.87. The van der Waals surface area contributed by atoms with Crippen molar-refractivity contribution in [3.05, 3.63) is 71.1 Å². The van der Waals surface area contributed by atoms with Crippen molar-refractivity contribution in [2.24, 2.45) is 10.8 Å². The highest BCUT2D eigenvalue weighted by Gasteiger charge is 2.54. The molecule has 0 aliphatic rings. The van der Waals surface area contributed by atoms with Crippen molar-refractivity contribution >= 4 is 24.2 Å². The molecular formula is C23H22F7N5O4. The van der Waals surface area contributed by atoms with Gasteiger partial charge in [0, 0.05) is 6.72 Å². The van der Waals surface area contributed by atoms with E-state index in [0.29, 0.717) is 6.07 Å². The fraction of sp³-hybridized carbons (Fsp3) is 0.261. The Bertz CT molecular complexity index is 1240. The van der Waals surface area contributed by atoms with E-state index in [-0.39, 0.29) is 11.3 Å². The molecule has 0 fully saturated rings. The van der Waals surface area contributed by atoms with Gasteiger partial charge in [0.15, 0.2) is 5.60 Å². The van der Waals surface area contributed by atoms with E-state index in [1.54, 1.807) is 5.32 Å². The van der Waals surface area contributed by atoms with Crippen LogP contribution in [0.2, 0.25) is 0 Å². The van der Waals surface area contributed by atoms with Gasteiger partial charge in [0.1, 0.15) is 28.8 Å². The van der Waals surface area contributed by atoms with Crippen LogP contribution in [0.25, 0.3) is 0 Å². The second-order valence-electron chi connectivity index (χ2n) is 7.83. The Balaban J connectivity index is 2.21. The number of hydrogen-bond acceptors (Lipinski definition) is 7. The normalized spacial score (nSPS) is 13.7. The number of hydrogen-bond donors (Lipinski definition) is 4. The van der Waals surface area contributed by atoms with Gasteiger partial charge in [0.05, 0.1) is 24.4 Å². The summed E-state index contributed by atoms with van der Waals surface area (Å²) in [6, 6.07) is 6.96. The molecule has 212 valence electrons. The van der Waals surface area contributed by atoms with Gasteiger partial charge < -0.3 is 26.2 Å². The maximum absolute atomic E-state index is 14.1. The van der Waals surface area contributed by atoms with Crippen molar-refractivity contribution in [2.45, 2.75) is 25.3 Å². The summed E-state index contributed by atoms with van der Waals surface area (Å²) in [5.74, 6) is -6.13. The zero-order chi connectivity index (χ0) is 29.5. The van der Waals surface area contributed by atoms with Crippen LogP contribution in [-0.2, 0) is 4.79 Å². The van der Waals surface area contributed by atoms with Crippen LogP contribution in [0, 0.1) is 11.6 Å². The third-order valence-electron chi connectivity index (χ3n) is 5.19. The molecule has 0 saturated carbocycles. The van der Waals surface area contributed by atoms with Crippen molar-refractivity contribution in [1.29, 1.82) is 0 Å². The van der Waals surface area contributed by atoms with Crippen LogP contribution in [0.1, 0.15) is 17.3 Å². The quantitative estimate of drug-likeness (QED) is 0.144. The first-order chi connectivity index (χ1) is 18.1. The fourth-order valence-electron chi connectivity index (χ4n) is 3.01. The lowest BCUT2D eigenvalue weighted by Gasteiger charge is -2.31. The lowest BCUT2D eigenvalue weighted by molar-refractivity contribution is -0.254. The molecule has 39 heavy (non-hydrogen) atoms. The molecule has 9 nitrogen and oxygen atoms in total. The minimum Gasteiger partial charge on any atom is -0.434 e. The molecule has 0 radical (unpaired) electrons. The average Bonchev–Trinajstić information content (AvgIpc) is 2.86. The van der Waals surface area contributed by atoms with Gasteiger partial charge in [-0.15, -0.1) is 0 Å². The number of carbonyl (C=O) groups excluding carboxylic acids is 2. The molecule has 0 aliphatic heterocycles. The van der Waals surface area contributed by atoms with Crippen LogP contribution in [0.3, 0.4) is 0 Å². The summed E-state index contributed by atoms with van der Waals surface area (Å²) in [6.07, 6.45) is -5.45. The monoisotopic (exact) mass is 565 g/mol. The van der Waals surface area contributed by atoms with Gasteiger partial charge in [-0.05, 0) is 43.3 Å². The van der Waals surface area contributed by atoms with Crippen LogP contribution < -0.4 is 26.1 Å². The fourth-order valence-corrected chi connectivity index (χ4v) is 3.01. The molecule has 16 heteroatoms. The number of alkyl halides is 5. The summed E-state index contributed by atoms with van der Waals surface area (Å²) < 4.78 is 97.5. The molecule has 2 amide bonds. The van der Waals surface area contributed by atoms with Crippen LogP contribution in [0.4, 0.5) is 36.4 Å². The molecular weight excluding hydrogens is 543 g/mol. The molecule has 0 spiro atoms. The molecule has 1 unspecified atom stereocenters. The molecule has 0 bridgehead atoms. The number of amides is 2. The predicted octanol–water partition coefficient (Wildman–Crippen LogP) is 3.02. The SMILES string of the molecule is C=NN(/C(N)=C(\C)C(=O)NCC(O)(CNC(=O)c1c(F)cccc1OC(F)F)C(F)(F)F)c1ccc(F)cc1. The van der Waals surface area contributed by atoms with Gasteiger partial charge in [0.2, 0.25) is 0 Å². The number of rotatable bonds is 11. The smallest absolute Gasteiger partial charge is 0.420 e. The number of halogens is 7. The molecule has 0 saturated heterocycles. The molecule has 2 aromatic carbocycles. The second-order valence-corrected chi connectivity index (χ2v) is 7.83. The second kappa shape index (κ2) is 12.5. The molecule has 0 aliphatic carbocycles. The van der Waals surface area contributed by atoms with Crippen LogP contribution in [0.15, 0.2) is 59.0 Å². The third kappa shape index (κ3) is 7.59. The van der Waals surface area contributed by atoms with Crippen LogP contribution in [0.5, 0.6) is 5.75 Å². The standard InChI is InChI=1S/C23H22F7N5O4/c1-12(18(31)35(32-2)14-8-6-13(24)7-9-14)19(36)33-10-22(38,23(28,29)30)11-34-20(37)17-15(25)4-3-5-16(17)39-21(26)27/h3-9,21,38H,2,10-11,31H2,1H3,(H,33,36)(H,34,37)/b18-12+. The molecule has 0 aromatic heterocycles. The summed E-state index contributed by atoms with van der Waals surface area (Å²) in [4.78, 5) is 24.8. The highest BCUT2D eigenvalue weighted by molar-refractivity contribution is 5.97. The molecule has 2 rings (SSSR count). The predicted molar refractivity (Wildman–Crippen MR) is 125 cm³/mol. The topological polar surface area (TPSA) is 129 Å². The maximum Gasteiger partial charge on any atom is 0.420 e. The molecule has 0 heterocycles. The number of benzene rings is 2. The van der Waals surface area contributed by atoms with E-state index in [4.69, 9.17) is 5.73 Å². The van der Waals surface area contributed by atoms with Crippen molar-refractivity contribution in [2.75, 3.05) is 18.1 Å². The maximum atomic E-state index is 14.1.